The normalized spacial score (nSPS) is 28.5. The number of benzene rings is 1. The van der Waals surface area contributed by atoms with Crippen LogP contribution in [0.3, 0.4) is 0 Å². The van der Waals surface area contributed by atoms with Crippen LogP contribution in [0.2, 0.25) is 0 Å². The van der Waals surface area contributed by atoms with Gasteiger partial charge in [0.25, 0.3) is 0 Å². The first kappa shape index (κ1) is 8.80. The van der Waals surface area contributed by atoms with Crippen molar-refractivity contribution < 1.29 is 0 Å². The van der Waals surface area contributed by atoms with Crippen molar-refractivity contribution >= 4 is 0 Å². The highest BCUT2D eigenvalue weighted by Crippen LogP contribution is 2.48. The van der Waals surface area contributed by atoms with Crippen molar-refractivity contribution in [3.05, 3.63) is 35.4 Å². The Morgan fingerprint density at radius 1 is 1.31 bits per heavy atom. The molecule has 3 unspecified atom stereocenters. The Morgan fingerprint density at radius 2 is 1.92 bits per heavy atom. The van der Waals surface area contributed by atoms with E-state index in [4.69, 9.17) is 0 Å². The second-order valence-electron chi connectivity index (χ2n) is 4.52. The fourth-order valence-electron chi connectivity index (χ4n) is 2.38. The van der Waals surface area contributed by atoms with Crippen molar-refractivity contribution in [1.82, 2.24) is 0 Å². The van der Waals surface area contributed by atoms with E-state index in [0.29, 0.717) is 0 Å². The summed E-state index contributed by atoms with van der Waals surface area (Å²) in [6.45, 7) is 6.95. The first-order valence-corrected chi connectivity index (χ1v) is 5.25. The summed E-state index contributed by atoms with van der Waals surface area (Å²) < 4.78 is 0. The molecule has 0 saturated heterocycles. The lowest BCUT2D eigenvalue weighted by Crippen LogP contribution is -1.99. The van der Waals surface area contributed by atoms with Gasteiger partial charge in [0.1, 0.15) is 0 Å². The maximum atomic E-state index is 2.37. The summed E-state index contributed by atoms with van der Waals surface area (Å²) in [4.78, 5) is 0. The Kier molecular flexibility index (Phi) is 2.15. The quantitative estimate of drug-likeness (QED) is 0.640. The Bertz CT molecular complexity index is 301. The summed E-state index contributed by atoms with van der Waals surface area (Å²) in [5, 5.41) is 0. The molecule has 0 bridgehead atoms. The molecule has 0 N–H and O–H groups in total. The summed E-state index contributed by atoms with van der Waals surface area (Å²) in [5.41, 5.74) is 3.01. The van der Waals surface area contributed by atoms with Gasteiger partial charge in [-0.3, -0.25) is 0 Å². The highest BCUT2D eigenvalue weighted by Gasteiger charge is 2.37. The van der Waals surface area contributed by atoms with E-state index in [0.717, 1.165) is 17.8 Å². The molecule has 0 spiro atoms. The van der Waals surface area contributed by atoms with Gasteiger partial charge < -0.3 is 0 Å². The Balaban J connectivity index is 2.20. The van der Waals surface area contributed by atoms with E-state index in [9.17, 15) is 0 Å². The average molecular weight is 174 g/mol. The Labute approximate surface area is 81.0 Å². The number of hydrogen-bond donors (Lipinski definition) is 0. The maximum Gasteiger partial charge on any atom is -0.0157 e. The number of hydrogen-bond acceptors (Lipinski definition) is 0. The van der Waals surface area contributed by atoms with Crippen LogP contribution in [-0.2, 0) is 0 Å². The summed E-state index contributed by atoms with van der Waals surface area (Å²) in [6, 6.07) is 8.79. The third kappa shape index (κ3) is 1.63. The predicted molar refractivity (Wildman–Crippen MR) is 56.9 cm³/mol. The molecule has 0 radical (unpaired) electrons. The van der Waals surface area contributed by atoms with E-state index < -0.39 is 0 Å². The lowest BCUT2D eigenvalue weighted by atomic mass is 9.92. The van der Waals surface area contributed by atoms with Gasteiger partial charge in [-0.1, -0.05) is 38.1 Å². The van der Waals surface area contributed by atoms with Crippen molar-refractivity contribution in [2.24, 2.45) is 11.8 Å². The van der Waals surface area contributed by atoms with Crippen molar-refractivity contribution in [2.45, 2.75) is 33.1 Å². The molecule has 1 saturated carbocycles. The van der Waals surface area contributed by atoms with E-state index in [1.807, 2.05) is 0 Å². The molecule has 13 heavy (non-hydrogen) atoms. The highest BCUT2D eigenvalue weighted by atomic mass is 14.4. The molecule has 1 fully saturated rings. The van der Waals surface area contributed by atoms with E-state index in [1.54, 1.807) is 5.56 Å². The molecule has 70 valence electrons. The van der Waals surface area contributed by atoms with E-state index >= 15 is 0 Å². The molecule has 0 heteroatoms. The highest BCUT2D eigenvalue weighted by molar-refractivity contribution is 5.30. The third-order valence-electron chi connectivity index (χ3n) is 3.49. The van der Waals surface area contributed by atoms with Crippen LogP contribution in [-0.4, -0.2) is 0 Å². The molecule has 3 atom stereocenters. The van der Waals surface area contributed by atoms with Gasteiger partial charge in [0.15, 0.2) is 0 Å². The SMILES string of the molecule is Cc1ccccc1C(C)C1CC1C. The van der Waals surface area contributed by atoms with Crippen LogP contribution in [0, 0.1) is 18.8 Å². The largest absolute Gasteiger partial charge is 0.0622 e. The molecule has 1 aromatic carbocycles. The lowest BCUT2D eigenvalue weighted by Gasteiger charge is -2.13. The fraction of sp³-hybridized carbons (Fsp3) is 0.538. The van der Waals surface area contributed by atoms with Gasteiger partial charge in [0.2, 0.25) is 0 Å². The van der Waals surface area contributed by atoms with Crippen LogP contribution < -0.4 is 0 Å². The molecular weight excluding hydrogens is 156 g/mol. The predicted octanol–water partition coefficient (Wildman–Crippen LogP) is 3.75. The summed E-state index contributed by atoms with van der Waals surface area (Å²) in [7, 11) is 0. The van der Waals surface area contributed by atoms with Crippen LogP contribution in [0.5, 0.6) is 0 Å². The number of rotatable bonds is 2. The summed E-state index contributed by atoms with van der Waals surface area (Å²) in [6.07, 6.45) is 1.43. The monoisotopic (exact) mass is 174 g/mol. The maximum absolute atomic E-state index is 2.37. The smallest absolute Gasteiger partial charge is 0.0157 e. The number of aryl methyl sites for hydroxylation is 1. The van der Waals surface area contributed by atoms with Crippen LogP contribution in [0.1, 0.15) is 37.3 Å². The molecule has 1 aromatic rings. The minimum Gasteiger partial charge on any atom is -0.0622 e. The second-order valence-corrected chi connectivity index (χ2v) is 4.52. The third-order valence-corrected chi connectivity index (χ3v) is 3.49. The molecule has 2 rings (SSSR count). The molecule has 0 amide bonds. The van der Waals surface area contributed by atoms with Crippen molar-refractivity contribution in [1.29, 1.82) is 0 Å². The molecular formula is C13H18. The zero-order chi connectivity index (χ0) is 9.42. The van der Waals surface area contributed by atoms with E-state index in [1.165, 1.54) is 12.0 Å². The minimum atomic E-state index is 0.760. The van der Waals surface area contributed by atoms with E-state index in [2.05, 4.69) is 45.0 Å². The van der Waals surface area contributed by atoms with Gasteiger partial charge in [-0.2, -0.15) is 0 Å². The molecule has 0 heterocycles. The minimum absolute atomic E-state index is 0.760. The van der Waals surface area contributed by atoms with Crippen molar-refractivity contribution in [3.8, 4) is 0 Å². The molecule has 0 nitrogen and oxygen atoms in total. The Hall–Kier alpha value is -0.780. The van der Waals surface area contributed by atoms with Gasteiger partial charge >= 0.3 is 0 Å². The standard InChI is InChI=1S/C13H18/c1-9-6-4-5-7-12(9)11(3)13-8-10(13)2/h4-7,10-11,13H,8H2,1-3H3. The van der Waals surface area contributed by atoms with Crippen LogP contribution in [0.25, 0.3) is 0 Å². The first-order chi connectivity index (χ1) is 6.20. The van der Waals surface area contributed by atoms with Crippen LogP contribution in [0.4, 0.5) is 0 Å². The Morgan fingerprint density at radius 3 is 2.46 bits per heavy atom. The van der Waals surface area contributed by atoms with Gasteiger partial charge in [-0.15, -0.1) is 0 Å². The lowest BCUT2D eigenvalue weighted by molar-refractivity contribution is 0.616. The van der Waals surface area contributed by atoms with Crippen LogP contribution in [0.15, 0.2) is 24.3 Å². The van der Waals surface area contributed by atoms with Gasteiger partial charge in [0, 0.05) is 0 Å². The molecule has 0 aliphatic heterocycles. The van der Waals surface area contributed by atoms with Gasteiger partial charge in [-0.25, -0.2) is 0 Å². The topological polar surface area (TPSA) is 0 Å². The van der Waals surface area contributed by atoms with Crippen molar-refractivity contribution in [3.63, 3.8) is 0 Å². The zero-order valence-corrected chi connectivity index (χ0v) is 8.75. The molecule has 0 aromatic heterocycles. The van der Waals surface area contributed by atoms with Gasteiger partial charge in [0.05, 0.1) is 0 Å². The second kappa shape index (κ2) is 3.17. The molecule has 1 aliphatic carbocycles. The zero-order valence-electron chi connectivity index (χ0n) is 8.75. The van der Waals surface area contributed by atoms with Crippen molar-refractivity contribution in [2.75, 3.05) is 0 Å². The summed E-state index contributed by atoms with van der Waals surface area (Å²) in [5.74, 6) is 2.66. The average Bonchev–Trinajstić information content (AvgIpc) is 2.82. The summed E-state index contributed by atoms with van der Waals surface area (Å²) >= 11 is 0. The van der Waals surface area contributed by atoms with Gasteiger partial charge in [-0.05, 0) is 42.2 Å². The molecule has 1 aliphatic rings. The fourth-order valence-corrected chi connectivity index (χ4v) is 2.38. The van der Waals surface area contributed by atoms with E-state index in [-0.39, 0.29) is 0 Å². The van der Waals surface area contributed by atoms with Crippen LogP contribution >= 0.6 is 0 Å². The first-order valence-electron chi connectivity index (χ1n) is 5.25.